The lowest BCUT2D eigenvalue weighted by Crippen LogP contribution is -2.14. The molecule has 5 heteroatoms. The maximum Gasteiger partial charge on any atom is 0.152 e. The maximum atomic E-state index is 6.60. The topological polar surface area (TPSA) is 44.1 Å². The molecule has 0 fully saturated rings. The molecule has 0 saturated carbocycles. The highest BCUT2D eigenvalue weighted by Crippen LogP contribution is 2.52. The third-order valence-corrected chi connectivity index (χ3v) is 13.2. The molecule has 0 bridgehead atoms. The monoisotopic (exact) mass is 749 g/mol. The molecule has 0 spiro atoms. The van der Waals surface area contributed by atoms with Gasteiger partial charge in [0.15, 0.2) is 23.0 Å². The summed E-state index contributed by atoms with van der Waals surface area (Å²) >= 11 is 0. The molecule has 0 radical (unpaired) electrons. The quantitative estimate of drug-likeness (QED) is 0.191. The maximum absolute atomic E-state index is 6.60. The van der Waals surface area contributed by atoms with E-state index in [1.165, 1.54) is 93.7 Å². The van der Waals surface area contributed by atoms with Gasteiger partial charge in [-0.3, -0.25) is 0 Å². The lowest BCUT2D eigenvalue weighted by molar-refractivity contribution is 0.475. The van der Waals surface area contributed by atoms with Crippen molar-refractivity contribution in [1.29, 1.82) is 0 Å². The zero-order valence-corrected chi connectivity index (χ0v) is 33.0. The van der Waals surface area contributed by atoms with E-state index in [1.54, 1.807) is 0 Å². The van der Waals surface area contributed by atoms with Crippen molar-refractivity contribution in [3.05, 3.63) is 172 Å². The molecule has 0 amide bonds. The Morgan fingerprint density at radius 2 is 1.10 bits per heavy atom. The van der Waals surface area contributed by atoms with Crippen LogP contribution in [-0.2, 0) is 0 Å². The minimum atomic E-state index is 0.140. The first kappa shape index (κ1) is 32.1. The average molecular weight is 750 g/mol. The standard InChI is InChI=1S/C53H39N3O2/c1-27-10-14-44-46(20-27)57-48-22-29(3)18-39-37-24-32(12-16-42(37)55(44)52(39)48)35-26-36(51-50(31(35)5)34-8-6-7-9-41(34)54-51)33-13-17-43-38(25-33)40-19-30(4)23-49-53(40)56(43)45-15-11-28(2)21-47(45)58-49/h6-26,31,35,54H,1-5H3. The summed E-state index contributed by atoms with van der Waals surface area (Å²) in [5.74, 6) is 4.01. The summed E-state index contributed by atoms with van der Waals surface area (Å²) in [5.41, 5.74) is 19.1. The van der Waals surface area contributed by atoms with Crippen molar-refractivity contribution in [3.63, 3.8) is 0 Å². The molecule has 1 aliphatic carbocycles. The van der Waals surface area contributed by atoms with Crippen LogP contribution in [-0.4, -0.2) is 14.1 Å². The molecule has 13 rings (SSSR count). The van der Waals surface area contributed by atoms with Crippen molar-refractivity contribution in [2.45, 2.75) is 46.5 Å². The molecule has 58 heavy (non-hydrogen) atoms. The Hall–Kier alpha value is -6.98. The molecule has 278 valence electrons. The smallest absolute Gasteiger partial charge is 0.152 e. The van der Waals surface area contributed by atoms with Crippen LogP contribution in [0.1, 0.15) is 63.4 Å². The Labute approximate surface area is 335 Å². The van der Waals surface area contributed by atoms with E-state index in [0.29, 0.717) is 0 Å². The highest BCUT2D eigenvalue weighted by molar-refractivity contribution is 6.14. The molecule has 2 aliphatic heterocycles. The van der Waals surface area contributed by atoms with E-state index in [0.717, 1.165) is 45.4 Å². The molecule has 3 aliphatic rings. The van der Waals surface area contributed by atoms with Gasteiger partial charge in [0.1, 0.15) is 0 Å². The van der Waals surface area contributed by atoms with Crippen molar-refractivity contribution in [1.82, 2.24) is 14.1 Å². The number of benzene rings is 7. The number of aryl methyl sites for hydroxylation is 4. The molecule has 0 saturated heterocycles. The number of ether oxygens (including phenoxy) is 2. The number of rotatable bonds is 2. The second kappa shape index (κ2) is 11.1. The van der Waals surface area contributed by atoms with Gasteiger partial charge in [-0.05, 0) is 151 Å². The van der Waals surface area contributed by atoms with Gasteiger partial charge in [0.05, 0.1) is 39.1 Å². The number of H-pyrrole nitrogens is 1. The third kappa shape index (κ3) is 4.20. The van der Waals surface area contributed by atoms with Crippen LogP contribution in [0.25, 0.3) is 71.5 Å². The fourth-order valence-corrected chi connectivity index (χ4v) is 10.6. The van der Waals surface area contributed by atoms with E-state index in [4.69, 9.17) is 9.47 Å². The lowest BCUT2D eigenvalue weighted by atomic mass is 9.74. The van der Waals surface area contributed by atoms with Crippen LogP contribution >= 0.6 is 0 Å². The molecule has 2 unspecified atom stereocenters. The van der Waals surface area contributed by atoms with Crippen LogP contribution in [0.4, 0.5) is 0 Å². The van der Waals surface area contributed by atoms with E-state index in [-0.39, 0.29) is 11.8 Å². The zero-order chi connectivity index (χ0) is 38.7. The summed E-state index contributed by atoms with van der Waals surface area (Å²) < 4.78 is 18.0. The van der Waals surface area contributed by atoms with Gasteiger partial charge >= 0.3 is 0 Å². The van der Waals surface area contributed by atoms with Crippen LogP contribution in [0.5, 0.6) is 23.0 Å². The van der Waals surface area contributed by atoms with E-state index >= 15 is 0 Å². The van der Waals surface area contributed by atoms with Gasteiger partial charge < -0.3 is 23.6 Å². The first-order valence-corrected chi connectivity index (χ1v) is 20.4. The Morgan fingerprint density at radius 3 is 1.76 bits per heavy atom. The van der Waals surface area contributed by atoms with E-state index in [1.807, 2.05) is 0 Å². The van der Waals surface area contributed by atoms with Crippen molar-refractivity contribution in [2.24, 2.45) is 0 Å². The Bertz CT molecular complexity index is 3530. The van der Waals surface area contributed by atoms with E-state index in [9.17, 15) is 0 Å². The Kier molecular flexibility index (Phi) is 6.16. The summed E-state index contributed by atoms with van der Waals surface area (Å²) in [6, 6.07) is 45.1. The minimum absolute atomic E-state index is 0.140. The van der Waals surface area contributed by atoms with Crippen LogP contribution in [0.2, 0.25) is 0 Å². The minimum Gasteiger partial charge on any atom is -0.453 e. The second-order valence-corrected chi connectivity index (χ2v) is 17.0. The summed E-state index contributed by atoms with van der Waals surface area (Å²) in [7, 11) is 0. The fraction of sp³-hybridized carbons (Fsp3) is 0.132. The van der Waals surface area contributed by atoms with Crippen molar-refractivity contribution >= 4 is 60.1 Å². The predicted molar refractivity (Wildman–Crippen MR) is 237 cm³/mol. The average Bonchev–Trinajstić information content (AvgIpc) is 3.87. The summed E-state index contributed by atoms with van der Waals surface area (Å²) in [6.07, 6.45) is 2.54. The number of aromatic amines is 1. The van der Waals surface area contributed by atoms with Crippen LogP contribution in [0, 0.1) is 27.7 Å². The molecular weight excluding hydrogens is 711 g/mol. The number of nitrogens with zero attached hydrogens (tertiary/aromatic N) is 2. The number of hydrogen-bond acceptors (Lipinski definition) is 2. The lowest BCUT2D eigenvalue weighted by Gasteiger charge is -2.29. The number of allylic oxidation sites excluding steroid dienone is 1. The molecule has 5 nitrogen and oxygen atoms in total. The Morgan fingerprint density at radius 1 is 0.517 bits per heavy atom. The van der Waals surface area contributed by atoms with Gasteiger partial charge in [0.2, 0.25) is 0 Å². The molecule has 10 aromatic rings. The van der Waals surface area contributed by atoms with Gasteiger partial charge in [-0.2, -0.15) is 0 Å². The Balaban J connectivity index is 1.04. The first-order valence-electron chi connectivity index (χ1n) is 20.4. The van der Waals surface area contributed by atoms with Gasteiger partial charge in [0.25, 0.3) is 0 Å². The summed E-state index contributed by atoms with van der Waals surface area (Å²) in [4.78, 5) is 3.90. The molecule has 2 atom stereocenters. The molecule has 1 N–H and O–H groups in total. The molecule has 7 aromatic carbocycles. The zero-order valence-electron chi connectivity index (χ0n) is 33.0. The molecular formula is C53H39N3O2. The largest absolute Gasteiger partial charge is 0.453 e. The van der Waals surface area contributed by atoms with Crippen molar-refractivity contribution in [3.8, 4) is 34.4 Å². The van der Waals surface area contributed by atoms with Gasteiger partial charge in [-0.1, -0.05) is 55.5 Å². The van der Waals surface area contributed by atoms with Crippen molar-refractivity contribution < 1.29 is 9.47 Å². The highest BCUT2D eigenvalue weighted by atomic mass is 16.5. The van der Waals surface area contributed by atoms with E-state index in [2.05, 4.69) is 176 Å². The van der Waals surface area contributed by atoms with Gasteiger partial charge in [0, 0.05) is 43.9 Å². The number of para-hydroxylation sites is 1. The van der Waals surface area contributed by atoms with Crippen LogP contribution < -0.4 is 9.47 Å². The SMILES string of the molecule is Cc1ccc2c(c1)Oc1cc(C)cc3c4cc(C5=CC(c6ccc7c(c6)c6cc(C)cc8c6n7-c6ccc(C)cc6O8)C(C)c6c5[nH]c5ccccc65)ccc4n-2c13. The molecule has 3 aromatic heterocycles. The van der Waals surface area contributed by atoms with Gasteiger partial charge in [-0.15, -0.1) is 0 Å². The summed E-state index contributed by atoms with van der Waals surface area (Å²) in [5, 5.41) is 6.22. The predicted octanol–water partition coefficient (Wildman–Crippen LogP) is 14.1. The number of nitrogens with one attached hydrogen (secondary N) is 1. The summed E-state index contributed by atoms with van der Waals surface area (Å²) in [6.45, 7) is 11.0. The first-order chi connectivity index (χ1) is 28.3. The van der Waals surface area contributed by atoms with Crippen LogP contribution in [0.3, 0.4) is 0 Å². The fourth-order valence-electron chi connectivity index (χ4n) is 10.6. The number of hydrogen-bond donors (Lipinski definition) is 1. The number of aromatic nitrogens is 3. The van der Waals surface area contributed by atoms with Crippen LogP contribution in [0.15, 0.2) is 127 Å². The number of fused-ring (bicyclic) bond motifs is 13. The van der Waals surface area contributed by atoms with Crippen molar-refractivity contribution in [2.75, 3.05) is 0 Å². The second-order valence-electron chi connectivity index (χ2n) is 17.0. The normalized spacial score (nSPS) is 16.4. The highest BCUT2D eigenvalue weighted by Gasteiger charge is 2.33. The molecule has 5 heterocycles. The van der Waals surface area contributed by atoms with E-state index < -0.39 is 0 Å². The third-order valence-electron chi connectivity index (χ3n) is 13.2. The van der Waals surface area contributed by atoms with Gasteiger partial charge in [-0.25, -0.2) is 0 Å².